The monoisotopic (exact) mass is 501 g/mol. The predicted molar refractivity (Wildman–Crippen MR) is 148 cm³/mol. The number of hydrogen-bond donors (Lipinski definition) is 1. The molecule has 5 nitrogen and oxygen atoms in total. The van der Waals surface area contributed by atoms with Gasteiger partial charge in [0.1, 0.15) is 12.4 Å². The number of rotatable bonds is 11. The molecule has 1 amide bonds. The Morgan fingerprint density at radius 3 is 2.16 bits per heavy atom. The van der Waals surface area contributed by atoms with Gasteiger partial charge in [0.2, 0.25) is 0 Å². The van der Waals surface area contributed by atoms with Gasteiger partial charge in [-0.3, -0.25) is 9.59 Å². The molecule has 0 spiro atoms. The molecule has 37 heavy (non-hydrogen) atoms. The molecule has 0 bridgehead atoms. The van der Waals surface area contributed by atoms with E-state index in [0.29, 0.717) is 30.3 Å². The summed E-state index contributed by atoms with van der Waals surface area (Å²) in [4.78, 5) is 25.5. The maximum Gasteiger partial charge on any atom is 0.305 e. The van der Waals surface area contributed by atoms with Gasteiger partial charge in [0.05, 0.1) is 13.2 Å². The fourth-order valence-corrected chi connectivity index (χ4v) is 4.46. The zero-order chi connectivity index (χ0) is 26.9. The van der Waals surface area contributed by atoms with Crippen LogP contribution in [0.4, 0.5) is 0 Å². The molecular weight excluding hydrogens is 462 g/mol. The summed E-state index contributed by atoms with van der Waals surface area (Å²) in [6, 6.07) is 20.0. The molecule has 1 N–H and O–H groups in total. The van der Waals surface area contributed by atoms with Crippen LogP contribution in [0, 0.1) is 26.7 Å². The zero-order valence-corrected chi connectivity index (χ0v) is 22.9. The highest BCUT2D eigenvalue weighted by atomic mass is 16.5. The van der Waals surface area contributed by atoms with Crippen molar-refractivity contribution >= 4 is 11.9 Å². The molecule has 3 rings (SSSR count). The summed E-state index contributed by atoms with van der Waals surface area (Å²) in [5, 5.41) is 3.27. The lowest BCUT2D eigenvalue weighted by Crippen LogP contribution is -2.30. The summed E-state index contributed by atoms with van der Waals surface area (Å²) in [7, 11) is 1.37. The molecule has 0 saturated carbocycles. The van der Waals surface area contributed by atoms with E-state index in [-0.39, 0.29) is 24.3 Å². The second-order valence-electron chi connectivity index (χ2n) is 10.2. The van der Waals surface area contributed by atoms with Crippen molar-refractivity contribution in [1.29, 1.82) is 0 Å². The van der Waals surface area contributed by atoms with Crippen LogP contribution in [-0.4, -0.2) is 19.0 Å². The zero-order valence-electron chi connectivity index (χ0n) is 22.9. The SMILES string of the molecule is COC(=O)CCc1ccc(OCc2ccc(C)cc2)cc1C(=O)NC(CC(C)C)c1cc(C)cc(C)c1. The summed E-state index contributed by atoms with van der Waals surface area (Å²) in [5.74, 6) is 0.526. The minimum absolute atomic E-state index is 0.128. The number of esters is 1. The van der Waals surface area contributed by atoms with Gasteiger partial charge in [-0.15, -0.1) is 0 Å². The van der Waals surface area contributed by atoms with Gasteiger partial charge in [-0.1, -0.05) is 79.1 Å². The van der Waals surface area contributed by atoms with E-state index in [1.54, 1.807) is 6.07 Å². The number of benzene rings is 3. The first-order valence-corrected chi connectivity index (χ1v) is 12.9. The van der Waals surface area contributed by atoms with Crippen molar-refractivity contribution in [3.05, 3.63) is 99.6 Å². The largest absolute Gasteiger partial charge is 0.489 e. The van der Waals surface area contributed by atoms with Crippen LogP contribution in [0.15, 0.2) is 60.7 Å². The molecule has 1 atom stereocenters. The van der Waals surface area contributed by atoms with Gasteiger partial charge in [-0.25, -0.2) is 0 Å². The Bertz CT molecular complexity index is 1190. The molecule has 0 fully saturated rings. The van der Waals surface area contributed by atoms with E-state index in [0.717, 1.165) is 23.1 Å². The highest BCUT2D eigenvalue weighted by Gasteiger charge is 2.21. The fourth-order valence-electron chi connectivity index (χ4n) is 4.46. The number of carbonyl (C=O) groups excluding carboxylic acids is 2. The smallest absolute Gasteiger partial charge is 0.305 e. The van der Waals surface area contributed by atoms with Gasteiger partial charge in [0, 0.05) is 12.0 Å². The number of methoxy groups -OCH3 is 1. The number of ether oxygens (including phenoxy) is 2. The van der Waals surface area contributed by atoms with Gasteiger partial charge < -0.3 is 14.8 Å². The summed E-state index contributed by atoms with van der Waals surface area (Å²) in [6.45, 7) is 10.9. The van der Waals surface area contributed by atoms with Crippen molar-refractivity contribution < 1.29 is 19.1 Å². The number of aryl methyl sites for hydroxylation is 4. The van der Waals surface area contributed by atoms with E-state index >= 15 is 0 Å². The Labute approximate surface area is 221 Å². The second kappa shape index (κ2) is 13.1. The topological polar surface area (TPSA) is 64.6 Å². The van der Waals surface area contributed by atoms with Crippen LogP contribution >= 0.6 is 0 Å². The third-order valence-electron chi connectivity index (χ3n) is 6.34. The molecule has 0 aliphatic carbocycles. The Morgan fingerprint density at radius 2 is 1.54 bits per heavy atom. The lowest BCUT2D eigenvalue weighted by Gasteiger charge is -2.23. The molecule has 0 aromatic heterocycles. The van der Waals surface area contributed by atoms with Crippen LogP contribution in [0.3, 0.4) is 0 Å². The van der Waals surface area contributed by atoms with Gasteiger partial charge in [-0.05, 0) is 68.4 Å². The minimum Gasteiger partial charge on any atom is -0.489 e. The summed E-state index contributed by atoms with van der Waals surface area (Å²) >= 11 is 0. The van der Waals surface area contributed by atoms with E-state index < -0.39 is 0 Å². The van der Waals surface area contributed by atoms with Gasteiger partial charge >= 0.3 is 5.97 Å². The molecular formula is C32H39NO4. The van der Waals surface area contributed by atoms with Gasteiger partial charge in [0.25, 0.3) is 5.91 Å². The number of amides is 1. The van der Waals surface area contributed by atoms with Crippen LogP contribution < -0.4 is 10.1 Å². The van der Waals surface area contributed by atoms with Crippen LogP contribution in [0.1, 0.15) is 76.5 Å². The molecule has 0 aliphatic rings. The molecule has 3 aromatic carbocycles. The second-order valence-corrected chi connectivity index (χ2v) is 10.2. The average Bonchev–Trinajstić information content (AvgIpc) is 2.85. The van der Waals surface area contributed by atoms with E-state index in [1.165, 1.54) is 23.8 Å². The third kappa shape index (κ3) is 8.49. The van der Waals surface area contributed by atoms with E-state index in [4.69, 9.17) is 9.47 Å². The van der Waals surface area contributed by atoms with Crippen molar-refractivity contribution in [3.8, 4) is 5.75 Å². The molecule has 0 saturated heterocycles. The minimum atomic E-state index is -0.307. The van der Waals surface area contributed by atoms with E-state index in [2.05, 4.69) is 63.3 Å². The Balaban J connectivity index is 1.88. The third-order valence-corrected chi connectivity index (χ3v) is 6.34. The number of hydrogen-bond acceptors (Lipinski definition) is 4. The number of carbonyl (C=O) groups is 2. The van der Waals surface area contributed by atoms with Crippen LogP contribution in [0.5, 0.6) is 5.75 Å². The molecule has 1 unspecified atom stereocenters. The lowest BCUT2D eigenvalue weighted by molar-refractivity contribution is -0.140. The number of nitrogens with one attached hydrogen (secondary N) is 1. The van der Waals surface area contributed by atoms with E-state index in [1.807, 2.05) is 31.2 Å². The lowest BCUT2D eigenvalue weighted by atomic mass is 9.93. The fraction of sp³-hybridized carbons (Fsp3) is 0.375. The van der Waals surface area contributed by atoms with Crippen LogP contribution in [-0.2, 0) is 22.6 Å². The Hall–Kier alpha value is -3.60. The first-order valence-electron chi connectivity index (χ1n) is 12.9. The normalized spacial score (nSPS) is 11.8. The van der Waals surface area contributed by atoms with Crippen molar-refractivity contribution in [2.24, 2.45) is 5.92 Å². The molecule has 0 aliphatic heterocycles. The van der Waals surface area contributed by atoms with Crippen LogP contribution in [0.2, 0.25) is 0 Å². The molecule has 0 heterocycles. The maximum atomic E-state index is 13.7. The quantitative estimate of drug-likeness (QED) is 0.293. The molecule has 196 valence electrons. The van der Waals surface area contributed by atoms with Gasteiger partial charge in [0.15, 0.2) is 0 Å². The Morgan fingerprint density at radius 1 is 0.865 bits per heavy atom. The molecule has 3 aromatic rings. The average molecular weight is 502 g/mol. The van der Waals surface area contributed by atoms with Crippen molar-refractivity contribution in [3.63, 3.8) is 0 Å². The van der Waals surface area contributed by atoms with Crippen molar-refractivity contribution in [2.75, 3.05) is 7.11 Å². The molecule has 0 radical (unpaired) electrons. The first-order chi connectivity index (χ1) is 17.6. The van der Waals surface area contributed by atoms with Crippen molar-refractivity contribution in [2.45, 2.75) is 66.5 Å². The molecule has 5 heteroatoms. The first kappa shape index (κ1) is 28.0. The standard InChI is InChI=1S/C32H39NO4/c1-21(2)15-30(27-17-23(4)16-24(5)18-27)33-32(35)29-19-28(13-11-26(29)12-14-31(34)36-6)37-20-25-9-7-22(3)8-10-25/h7-11,13,16-19,21,30H,12,14-15,20H2,1-6H3,(H,33,35). The van der Waals surface area contributed by atoms with Crippen LogP contribution in [0.25, 0.3) is 0 Å². The van der Waals surface area contributed by atoms with Crippen molar-refractivity contribution in [1.82, 2.24) is 5.32 Å². The predicted octanol–water partition coefficient (Wildman–Crippen LogP) is 6.81. The maximum absolute atomic E-state index is 13.7. The Kier molecular flexibility index (Phi) is 9.90. The summed E-state index contributed by atoms with van der Waals surface area (Å²) in [5.41, 5.74) is 6.99. The summed E-state index contributed by atoms with van der Waals surface area (Å²) in [6.07, 6.45) is 1.43. The highest BCUT2D eigenvalue weighted by molar-refractivity contribution is 5.96. The van der Waals surface area contributed by atoms with Gasteiger partial charge in [-0.2, -0.15) is 0 Å². The van der Waals surface area contributed by atoms with E-state index in [9.17, 15) is 9.59 Å². The summed E-state index contributed by atoms with van der Waals surface area (Å²) < 4.78 is 10.9. The highest BCUT2D eigenvalue weighted by Crippen LogP contribution is 2.26.